The Hall–Kier alpha value is -7.15. The van der Waals surface area contributed by atoms with Crippen LogP contribution in [-0.2, 0) is 0 Å². The highest BCUT2D eigenvalue weighted by molar-refractivity contribution is 6.11. The minimum Gasteiger partial charge on any atom is -0.355 e. The molecule has 0 saturated carbocycles. The number of benzene rings is 4. The van der Waals surface area contributed by atoms with Gasteiger partial charge in [0.2, 0.25) is 23.3 Å². The summed E-state index contributed by atoms with van der Waals surface area (Å²) >= 11 is 0. The first kappa shape index (κ1) is 48.3. The molecule has 0 atom stereocenters. The smallest absolute Gasteiger partial charge is 0.316 e. The molecule has 0 unspecified atom stereocenters. The van der Waals surface area contributed by atoms with E-state index in [1.165, 1.54) is 24.3 Å². The van der Waals surface area contributed by atoms with Crippen molar-refractivity contribution in [2.75, 3.05) is 0 Å². The Balaban J connectivity index is 0.00000642. The third kappa shape index (κ3) is 7.22. The number of aromatic nitrogens is 4. The second-order valence-corrected chi connectivity index (χ2v) is 14.4. The van der Waals surface area contributed by atoms with Gasteiger partial charge in [-0.2, -0.15) is 0 Å². The van der Waals surface area contributed by atoms with Gasteiger partial charge in [-0.25, -0.2) is 97.8 Å². The monoisotopic (exact) mass is 1000 g/mol. The van der Waals surface area contributed by atoms with Crippen molar-refractivity contribution in [1.29, 1.82) is 0 Å². The van der Waals surface area contributed by atoms with Crippen molar-refractivity contribution in [3.63, 3.8) is 0 Å². The second-order valence-electron chi connectivity index (χ2n) is 14.4. The molecule has 0 saturated heterocycles. The molecule has 2 aliphatic heterocycles. The Morgan fingerprint density at radius 3 is 1.06 bits per heavy atom. The molecule has 25 heteroatoms. The summed E-state index contributed by atoms with van der Waals surface area (Å²) in [6.45, 7) is 0. The number of halogens is 20. The summed E-state index contributed by atoms with van der Waals surface area (Å²) in [5, 5.41) is 0. The van der Waals surface area contributed by atoms with Crippen LogP contribution >= 0.6 is 0 Å². The fourth-order valence-electron chi connectivity index (χ4n) is 7.51. The number of H-pyrrole nitrogens is 2. The lowest BCUT2D eigenvalue weighted by Crippen LogP contribution is -2.09. The summed E-state index contributed by atoms with van der Waals surface area (Å²) < 4.78 is 310. The van der Waals surface area contributed by atoms with Crippen LogP contribution in [-0.4, -0.2) is 43.0 Å². The number of nitrogens with zero attached hydrogens (tertiary/aromatic N) is 2. The lowest BCUT2D eigenvalue weighted by Gasteiger charge is -2.16. The molecular weight excluding hydrogens is 989 g/mol. The molecule has 4 nitrogen and oxygen atoms in total. The molecule has 9 rings (SSSR count). The summed E-state index contributed by atoms with van der Waals surface area (Å²) in [6.07, 6.45) is 2.52. The predicted molar refractivity (Wildman–Crippen MR) is 207 cm³/mol. The molecule has 2 N–H and O–H groups in total. The standard InChI is InChI=1S/C44H10F20N4.Mg.2H/c45-23-16(24(46)32(54)39(61)31(23)53)14-7-13-6-11-2-1-9(65-11)5-10-3-4-12(66-10)8-15-17(19-25(47)33(55)40(62)34(56)26(19)48)18(20-27(49)35(57)41(63)36(58)28(20)50)44(68-15)22(43(14)67-13)21-29(51)37(59)42(64)38(60)30(21)52;;;/h1-8,65,68H;;;. The molecule has 350 valence electrons. The van der Waals surface area contributed by atoms with E-state index >= 15 is 61.5 Å². The maximum Gasteiger partial charge on any atom is 0.316 e. The maximum absolute atomic E-state index is 16.4. The molecule has 69 heavy (non-hydrogen) atoms. The van der Waals surface area contributed by atoms with Crippen molar-refractivity contribution in [3.05, 3.63) is 175 Å². The zero-order valence-electron chi connectivity index (χ0n) is 32.1. The zero-order chi connectivity index (χ0) is 49.3. The highest BCUT2D eigenvalue weighted by Gasteiger charge is 2.39. The van der Waals surface area contributed by atoms with Gasteiger partial charge in [0, 0.05) is 38.8 Å². The highest BCUT2D eigenvalue weighted by Crippen LogP contribution is 2.51. The van der Waals surface area contributed by atoms with Crippen LogP contribution in [0.4, 0.5) is 87.8 Å². The molecule has 5 heterocycles. The Morgan fingerprint density at radius 2 is 0.638 bits per heavy atom. The third-order valence-electron chi connectivity index (χ3n) is 10.5. The van der Waals surface area contributed by atoms with E-state index < -0.39 is 189 Å². The van der Waals surface area contributed by atoms with Gasteiger partial charge in [-0.1, -0.05) is 0 Å². The number of aromatic amines is 2. The third-order valence-corrected chi connectivity index (χ3v) is 10.5. The average molecular weight is 1000 g/mol. The summed E-state index contributed by atoms with van der Waals surface area (Å²) in [4.78, 5) is 12.7. The van der Waals surface area contributed by atoms with Crippen molar-refractivity contribution in [2.45, 2.75) is 0 Å². The van der Waals surface area contributed by atoms with Crippen molar-refractivity contribution >= 4 is 68.9 Å². The minimum absolute atomic E-state index is 0. The Kier molecular flexibility index (Phi) is 12.0. The first-order valence-corrected chi connectivity index (χ1v) is 18.3. The van der Waals surface area contributed by atoms with Crippen molar-refractivity contribution < 1.29 is 87.8 Å². The van der Waals surface area contributed by atoms with Crippen LogP contribution in [0.3, 0.4) is 0 Å². The molecule has 0 aliphatic carbocycles. The number of rotatable bonds is 4. The fourth-order valence-corrected chi connectivity index (χ4v) is 7.51. The van der Waals surface area contributed by atoms with Crippen molar-refractivity contribution in [2.24, 2.45) is 0 Å². The van der Waals surface area contributed by atoms with Crippen LogP contribution in [0.2, 0.25) is 0 Å². The summed E-state index contributed by atoms with van der Waals surface area (Å²) in [6, 6.07) is 5.11. The van der Waals surface area contributed by atoms with E-state index in [1.807, 2.05) is 4.98 Å². The molecule has 0 spiro atoms. The van der Waals surface area contributed by atoms with Crippen LogP contribution in [0.5, 0.6) is 0 Å². The average Bonchev–Trinajstić information content (AvgIpc) is 4.13. The van der Waals surface area contributed by atoms with E-state index in [-0.39, 0.29) is 39.8 Å². The SMILES string of the molecule is Fc1c(F)c(F)c(C2=Cc3cc4ccc(cc5nc(cc6[nH]c(c(-c7c(F)c(F)c(F)c(F)c7F)c2n3)c(-c2c(F)c(F)c(F)c(F)c2F)c6-c2c(F)c(F)c(F)c(F)c2F)C=C5)[nH]4)c(F)c1F.[MgH2]. The normalized spacial score (nSPS) is 12.3. The topological polar surface area (TPSA) is 57.4 Å². The van der Waals surface area contributed by atoms with E-state index in [0.717, 1.165) is 12.1 Å². The predicted octanol–water partition coefficient (Wildman–Crippen LogP) is 12.9. The fraction of sp³-hybridized carbons (Fsp3) is 0. The second kappa shape index (κ2) is 17.1. The maximum atomic E-state index is 16.4. The molecule has 3 aromatic heterocycles. The summed E-state index contributed by atoms with van der Waals surface area (Å²) in [7, 11) is 0. The summed E-state index contributed by atoms with van der Waals surface area (Å²) in [5.74, 6) is -58.8. The molecule has 4 aromatic carbocycles. The van der Waals surface area contributed by atoms with Crippen molar-refractivity contribution in [1.82, 2.24) is 19.9 Å². The molecule has 0 fully saturated rings. The number of fused-ring (bicyclic) bond motifs is 8. The lowest BCUT2D eigenvalue weighted by molar-refractivity contribution is 0.376. The first-order valence-electron chi connectivity index (χ1n) is 18.3. The van der Waals surface area contributed by atoms with Gasteiger partial charge in [0.15, 0.2) is 93.1 Å². The quantitative estimate of drug-likeness (QED) is 0.0799. The van der Waals surface area contributed by atoms with Gasteiger partial charge in [-0.3, -0.25) is 0 Å². The van der Waals surface area contributed by atoms with Gasteiger partial charge >= 0.3 is 23.1 Å². The molecule has 2 aliphatic rings. The molecular formula is C44H12F20MgN4. The van der Waals surface area contributed by atoms with Crippen LogP contribution in [0.15, 0.2) is 30.3 Å². The molecule has 0 amide bonds. The van der Waals surface area contributed by atoms with E-state index in [9.17, 15) is 26.3 Å². The van der Waals surface area contributed by atoms with Gasteiger partial charge in [0.05, 0.1) is 50.5 Å². The van der Waals surface area contributed by atoms with E-state index in [0.29, 0.717) is 12.1 Å². The highest BCUT2D eigenvalue weighted by atomic mass is 24.3. The van der Waals surface area contributed by atoms with Gasteiger partial charge in [0.1, 0.15) is 0 Å². The van der Waals surface area contributed by atoms with E-state index in [2.05, 4.69) is 15.0 Å². The van der Waals surface area contributed by atoms with Crippen LogP contribution < -0.4 is 0 Å². The van der Waals surface area contributed by atoms with E-state index in [4.69, 9.17) is 0 Å². The van der Waals surface area contributed by atoms with Gasteiger partial charge in [0.25, 0.3) is 0 Å². The molecule has 7 aromatic rings. The minimum atomic E-state index is -3.05. The molecule has 8 bridgehead atoms. The van der Waals surface area contributed by atoms with Gasteiger partial charge < -0.3 is 9.97 Å². The van der Waals surface area contributed by atoms with Crippen LogP contribution in [0.1, 0.15) is 28.3 Å². The number of nitrogens with one attached hydrogen (secondary N) is 2. The van der Waals surface area contributed by atoms with Crippen molar-refractivity contribution in [3.8, 4) is 33.4 Å². The molecule has 0 radical (unpaired) electrons. The van der Waals surface area contributed by atoms with Gasteiger partial charge in [-0.15, -0.1) is 0 Å². The van der Waals surface area contributed by atoms with Crippen LogP contribution in [0.25, 0.3) is 79.2 Å². The lowest BCUT2D eigenvalue weighted by atomic mass is 9.89. The number of hydrogen-bond donors (Lipinski definition) is 2. The Bertz CT molecular complexity index is 3590. The zero-order valence-corrected chi connectivity index (χ0v) is 32.1. The largest absolute Gasteiger partial charge is 0.355 e. The van der Waals surface area contributed by atoms with Crippen LogP contribution in [0, 0.1) is 116 Å². The van der Waals surface area contributed by atoms with E-state index in [1.54, 1.807) is 0 Å². The van der Waals surface area contributed by atoms with Gasteiger partial charge in [-0.05, 0) is 48.6 Å². The Labute approximate surface area is 384 Å². The number of hydrogen-bond acceptors (Lipinski definition) is 2. The first-order chi connectivity index (χ1) is 32.0. The summed E-state index contributed by atoms with van der Waals surface area (Å²) in [5.41, 5.74) is -24.0. The Morgan fingerprint density at radius 1 is 0.304 bits per heavy atom.